The van der Waals surface area contributed by atoms with Crippen LogP contribution < -0.4 is 10.7 Å². The Morgan fingerprint density at radius 3 is 2.95 bits per heavy atom. The lowest BCUT2D eigenvalue weighted by atomic mass is 9.93. The van der Waals surface area contributed by atoms with Crippen molar-refractivity contribution in [2.75, 3.05) is 11.9 Å². The Bertz CT molecular complexity index is 581. The first kappa shape index (κ1) is 14.0. The molecular weight excluding hydrogens is 256 g/mol. The number of anilines is 1. The van der Waals surface area contributed by atoms with Crippen LogP contribution in [-0.2, 0) is 0 Å². The number of allylic oxidation sites excluding steroid dienone is 1. The van der Waals surface area contributed by atoms with Crippen LogP contribution in [0.1, 0.15) is 25.8 Å². The third-order valence-electron chi connectivity index (χ3n) is 3.21. The number of nitrogens with one attached hydrogen (secondary N) is 2. The summed E-state index contributed by atoms with van der Waals surface area (Å²) in [5, 5.41) is 18.4. The Morgan fingerprint density at radius 2 is 2.35 bits per heavy atom. The third-order valence-corrected chi connectivity index (χ3v) is 3.21. The average molecular weight is 274 g/mol. The second kappa shape index (κ2) is 5.73. The van der Waals surface area contributed by atoms with Crippen LogP contribution in [0.5, 0.6) is 0 Å². The van der Waals surface area contributed by atoms with Crippen molar-refractivity contribution in [1.29, 1.82) is 0 Å². The molecule has 0 amide bonds. The smallest absolute Gasteiger partial charge is 0.292 e. The maximum absolute atomic E-state index is 11.2. The summed E-state index contributed by atoms with van der Waals surface area (Å²) in [6, 6.07) is 5.16. The monoisotopic (exact) mass is 274 g/mol. The van der Waals surface area contributed by atoms with Gasteiger partial charge in [-0.05, 0) is 19.4 Å². The van der Waals surface area contributed by atoms with Gasteiger partial charge < -0.3 is 5.32 Å². The van der Waals surface area contributed by atoms with E-state index >= 15 is 0 Å². The normalized spacial score (nSPS) is 18.2. The Morgan fingerprint density at radius 1 is 1.60 bits per heavy atom. The van der Waals surface area contributed by atoms with Crippen LogP contribution in [0.15, 0.2) is 35.6 Å². The molecule has 106 valence electrons. The van der Waals surface area contributed by atoms with Crippen molar-refractivity contribution in [3.05, 3.63) is 46.2 Å². The molecule has 1 aromatic rings. The summed E-state index contributed by atoms with van der Waals surface area (Å²) >= 11 is 0. The minimum absolute atomic E-state index is 0.0728. The molecule has 1 aliphatic rings. The van der Waals surface area contributed by atoms with E-state index in [4.69, 9.17) is 0 Å². The Balaban J connectivity index is 2.41. The van der Waals surface area contributed by atoms with Gasteiger partial charge in [-0.3, -0.25) is 15.5 Å². The third kappa shape index (κ3) is 2.79. The van der Waals surface area contributed by atoms with Crippen LogP contribution in [0.25, 0.3) is 0 Å². The lowest BCUT2D eigenvalue weighted by molar-refractivity contribution is -0.384. The molecule has 6 heteroatoms. The second-order valence-corrected chi connectivity index (χ2v) is 4.84. The van der Waals surface area contributed by atoms with Crippen LogP contribution in [0, 0.1) is 16.0 Å². The first-order chi connectivity index (χ1) is 9.52. The number of hydrogen-bond acceptors (Lipinski definition) is 5. The number of nitro benzene ring substituents is 1. The molecule has 0 aliphatic carbocycles. The van der Waals surface area contributed by atoms with Gasteiger partial charge in [0, 0.05) is 29.8 Å². The molecule has 0 fully saturated rings. The van der Waals surface area contributed by atoms with Crippen LogP contribution in [-0.4, -0.2) is 17.2 Å². The SMILES string of the molecule is C=C1C[C@@H](C)C(c2ccc(NCC)c([N+](=O)[O-])c2)=NN1. The molecule has 0 unspecified atom stereocenters. The van der Waals surface area contributed by atoms with E-state index in [1.807, 2.05) is 19.9 Å². The number of rotatable bonds is 4. The maximum Gasteiger partial charge on any atom is 0.292 e. The Labute approximate surface area is 117 Å². The summed E-state index contributed by atoms with van der Waals surface area (Å²) in [4.78, 5) is 10.8. The van der Waals surface area contributed by atoms with Gasteiger partial charge in [-0.15, -0.1) is 0 Å². The summed E-state index contributed by atoms with van der Waals surface area (Å²) in [6.45, 7) is 8.42. The lowest BCUT2D eigenvalue weighted by Crippen LogP contribution is -2.25. The van der Waals surface area contributed by atoms with Crippen molar-refractivity contribution in [2.45, 2.75) is 20.3 Å². The van der Waals surface area contributed by atoms with E-state index in [-0.39, 0.29) is 16.5 Å². The van der Waals surface area contributed by atoms with Crippen LogP contribution in [0.2, 0.25) is 0 Å². The highest BCUT2D eigenvalue weighted by molar-refractivity contribution is 6.03. The van der Waals surface area contributed by atoms with Crippen molar-refractivity contribution in [2.24, 2.45) is 11.0 Å². The second-order valence-electron chi connectivity index (χ2n) is 4.84. The van der Waals surface area contributed by atoms with Crippen molar-refractivity contribution < 1.29 is 4.92 Å². The topological polar surface area (TPSA) is 79.6 Å². The summed E-state index contributed by atoms with van der Waals surface area (Å²) in [5.74, 6) is 0.188. The highest BCUT2D eigenvalue weighted by Crippen LogP contribution is 2.28. The summed E-state index contributed by atoms with van der Waals surface area (Å²) in [6.07, 6.45) is 0.779. The zero-order chi connectivity index (χ0) is 14.7. The summed E-state index contributed by atoms with van der Waals surface area (Å²) < 4.78 is 0. The van der Waals surface area contributed by atoms with Crippen molar-refractivity contribution in [3.63, 3.8) is 0 Å². The molecule has 6 nitrogen and oxygen atoms in total. The molecule has 0 radical (unpaired) electrons. The molecule has 20 heavy (non-hydrogen) atoms. The van der Waals surface area contributed by atoms with Gasteiger partial charge in [0.1, 0.15) is 5.69 Å². The zero-order valence-corrected chi connectivity index (χ0v) is 11.6. The van der Waals surface area contributed by atoms with E-state index in [1.165, 1.54) is 0 Å². The quantitative estimate of drug-likeness (QED) is 0.653. The molecule has 0 spiro atoms. The molecule has 0 saturated carbocycles. The van der Waals surface area contributed by atoms with Gasteiger partial charge in [0.2, 0.25) is 0 Å². The number of hydrogen-bond donors (Lipinski definition) is 2. The predicted molar refractivity (Wildman–Crippen MR) is 79.9 cm³/mol. The largest absolute Gasteiger partial charge is 0.380 e. The molecular formula is C14H18N4O2. The highest BCUT2D eigenvalue weighted by atomic mass is 16.6. The summed E-state index contributed by atoms with van der Waals surface area (Å²) in [5.41, 5.74) is 5.91. The van der Waals surface area contributed by atoms with Gasteiger partial charge in [0.15, 0.2) is 0 Å². The van der Waals surface area contributed by atoms with Gasteiger partial charge in [-0.2, -0.15) is 5.10 Å². The molecule has 1 heterocycles. The first-order valence-electron chi connectivity index (χ1n) is 6.57. The van der Waals surface area contributed by atoms with Gasteiger partial charge in [0.25, 0.3) is 5.69 Å². The molecule has 1 atom stereocenters. The molecule has 2 rings (SSSR count). The van der Waals surface area contributed by atoms with Gasteiger partial charge in [-0.1, -0.05) is 19.6 Å². The van der Waals surface area contributed by atoms with Gasteiger partial charge in [0.05, 0.1) is 10.6 Å². The van der Waals surface area contributed by atoms with Gasteiger partial charge in [-0.25, -0.2) is 0 Å². The summed E-state index contributed by atoms with van der Waals surface area (Å²) in [7, 11) is 0. The van der Waals surface area contributed by atoms with E-state index in [9.17, 15) is 10.1 Å². The minimum Gasteiger partial charge on any atom is -0.380 e. The molecule has 0 bridgehead atoms. The Kier molecular flexibility index (Phi) is 4.02. The van der Waals surface area contributed by atoms with Gasteiger partial charge >= 0.3 is 0 Å². The minimum atomic E-state index is -0.373. The van der Waals surface area contributed by atoms with Crippen LogP contribution >= 0.6 is 0 Å². The maximum atomic E-state index is 11.2. The number of nitrogens with zero attached hydrogens (tertiary/aromatic N) is 2. The molecule has 2 N–H and O–H groups in total. The van der Waals surface area contributed by atoms with Crippen molar-refractivity contribution in [3.8, 4) is 0 Å². The first-order valence-corrected chi connectivity index (χ1v) is 6.57. The molecule has 1 aliphatic heterocycles. The van der Waals surface area contributed by atoms with E-state index in [1.54, 1.807) is 12.1 Å². The van der Waals surface area contributed by atoms with E-state index < -0.39 is 0 Å². The molecule has 0 saturated heterocycles. The molecule has 0 aromatic heterocycles. The van der Waals surface area contributed by atoms with E-state index in [2.05, 4.69) is 22.4 Å². The van der Waals surface area contributed by atoms with E-state index in [0.717, 1.165) is 23.4 Å². The fourth-order valence-corrected chi connectivity index (χ4v) is 2.29. The zero-order valence-electron chi connectivity index (χ0n) is 11.6. The van der Waals surface area contributed by atoms with Crippen LogP contribution in [0.4, 0.5) is 11.4 Å². The number of hydrazone groups is 1. The molecule has 1 aromatic carbocycles. The number of nitro groups is 1. The Hall–Kier alpha value is -2.37. The fourth-order valence-electron chi connectivity index (χ4n) is 2.29. The number of benzene rings is 1. The predicted octanol–water partition coefficient (Wildman–Crippen LogP) is 2.87. The highest BCUT2D eigenvalue weighted by Gasteiger charge is 2.22. The van der Waals surface area contributed by atoms with E-state index in [0.29, 0.717) is 12.2 Å². The lowest BCUT2D eigenvalue weighted by Gasteiger charge is -2.22. The fraction of sp³-hybridized carbons (Fsp3) is 0.357. The standard InChI is InChI=1S/C14H18N4O2/c1-4-15-12-6-5-11(8-13(12)18(19)20)14-9(2)7-10(3)16-17-14/h5-6,8-9,15-16H,3-4,7H2,1-2H3/t9-/m1/s1. The van der Waals surface area contributed by atoms with Crippen LogP contribution in [0.3, 0.4) is 0 Å². The van der Waals surface area contributed by atoms with Crippen molar-refractivity contribution in [1.82, 2.24) is 5.43 Å². The average Bonchev–Trinajstić information content (AvgIpc) is 2.39. The van der Waals surface area contributed by atoms with Crippen molar-refractivity contribution >= 4 is 17.1 Å².